The van der Waals surface area contributed by atoms with E-state index in [9.17, 15) is 4.79 Å². The van der Waals surface area contributed by atoms with Crippen LogP contribution in [-0.4, -0.2) is 35.5 Å². The Labute approximate surface area is 207 Å². The minimum Gasteiger partial charge on any atom is -0.468 e. The second-order valence-electron chi connectivity index (χ2n) is 9.42. The lowest BCUT2D eigenvalue weighted by Crippen LogP contribution is -2.44. The Morgan fingerprint density at radius 2 is 1.74 bits per heavy atom. The third kappa shape index (κ3) is 4.85. The van der Waals surface area contributed by atoms with Crippen molar-refractivity contribution in [1.82, 2.24) is 9.88 Å². The largest absolute Gasteiger partial charge is 0.468 e. The summed E-state index contributed by atoms with van der Waals surface area (Å²) in [6, 6.07) is 25.5. The fraction of sp³-hybridized carbons (Fsp3) is 0.290. The van der Waals surface area contributed by atoms with Crippen LogP contribution in [0.1, 0.15) is 41.5 Å². The number of likely N-dealkylation sites (tertiary alicyclic amines) is 1. The summed E-state index contributed by atoms with van der Waals surface area (Å²) in [6.45, 7) is 3.85. The average Bonchev–Trinajstić information content (AvgIpc) is 2.91. The number of fused-ring (bicyclic) bond motifs is 1. The summed E-state index contributed by atoms with van der Waals surface area (Å²) in [5.74, 6) is -0.127. The van der Waals surface area contributed by atoms with Crippen molar-refractivity contribution in [2.75, 3.05) is 13.7 Å². The number of nitrogens with zero attached hydrogens (tertiary/aromatic N) is 2. The second-order valence-corrected chi connectivity index (χ2v) is 9.42. The fourth-order valence-corrected chi connectivity index (χ4v) is 5.39. The van der Waals surface area contributed by atoms with Crippen LogP contribution in [0.3, 0.4) is 0 Å². The second kappa shape index (κ2) is 10.4. The Morgan fingerprint density at radius 3 is 2.57 bits per heavy atom. The summed E-state index contributed by atoms with van der Waals surface area (Å²) in [4.78, 5) is 19.4. The molecule has 178 valence electrons. The van der Waals surface area contributed by atoms with E-state index in [1.807, 2.05) is 6.20 Å². The van der Waals surface area contributed by atoms with E-state index in [1.54, 1.807) is 0 Å². The number of methoxy groups -OCH3 is 1. The van der Waals surface area contributed by atoms with Gasteiger partial charge in [-0.25, -0.2) is 0 Å². The van der Waals surface area contributed by atoms with Crippen LogP contribution < -0.4 is 0 Å². The number of hydrogen-bond acceptors (Lipinski definition) is 4. The van der Waals surface area contributed by atoms with Crippen LogP contribution in [0.2, 0.25) is 0 Å². The normalized spacial score (nSPS) is 16.3. The van der Waals surface area contributed by atoms with Gasteiger partial charge in [-0.3, -0.25) is 14.7 Å². The maximum Gasteiger partial charge on any atom is 0.323 e. The average molecular weight is 465 g/mol. The van der Waals surface area contributed by atoms with Crippen LogP contribution in [0.4, 0.5) is 0 Å². The summed E-state index contributed by atoms with van der Waals surface area (Å²) in [6.07, 6.45) is 5.77. The molecule has 1 aliphatic heterocycles. The molecule has 4 aromatic rings. The number of esters is 1. The third-order valence-corrected chi connectivity index (χ3v) is 7.32. The predicted molar refractivity (Wildman–Crippen MR) is 141 cm³/mol. The molecule has 1 fully saturated rings. The van der Waals surface area contributed by atoms with E-state index in [2.05, 4.69) is 84.6 Å². The minimum atomic E-state index is -0.163. The molecular formula is C31H32N2O2. The molecule has 0 radical (unpaired) electrons. The van der Waals surface area contributed by atoms with Crippen LogP contribution in [0.15, 0.2) is 79.0 Å². The summed E-state index contributed by atoms with van der Waals surface area (Å²) in [7, 11) is 1.48. The first-order valence-corrected chi connectivity index (χ1v) is 12.5. The van der Waals surface area contributed by atoms with Crippen molar-refractivity contribution in [2.24, 2.45) is 0 Å². The minimum absolute atomic E-state index is 0.127. The number of benzene rings is 3. The molecular weight excluding hydrogens is 432 g/mol. The maximum atomic E-state index is 12.4. The van der Waals surface area contributed by atoms with Gasteiger partial charge in [-0.05, 0) is 72.2 Å². The smallest absolute Gasteiger partial charge is 0.323 e. The van der Waals surface area contributed by atoms with Crippen molar-refractivity contribution in [3.63, 3.8) is 0 Å². The summed E-state index contributed by atoms with van der Waals surface area (Å²) in [5, 5.41) is 1.16. The fourth-order valence-electron chi connectivity index (χ4n) is 5.39. The molecule has 3 aromatic carbocycles. The molecule has 4 nitrogen and oxygen atoms in total. The Hall–Kier alpha value is -3.50. The standard InChI is InChI=1S/C31H32N2O2/c1-22-24(12-8-14-27(22)23-10-4-3-5-11-23)20-25-13-9-15-28-26(17-18-32-30(25)28)21-33-19-7-6-16-29(33)31(34)35-2/h3-5,8-15,17-18,29H,6-7,16,19-21H2,1-2H3. The van der Waals surface area contributed by atoms with Crippen LogP contribution in [0, 0.1) is 6.92 Å². The number of aromatic nitrogens is 1. The predicted octanol–water partition coefficient (Wildman–Crippen LogP) is 6.33. The van der Waals surface area contributed by atoms with Crippen molar-refractivity contribution in [3.05, 3.63) is 101 Å². The van der Waals surface area contributed by atoms with E-state index in [-0.39, 0.29) is 12.0 Å². The molecule has 1 aliphatic rings. The molecule has 1 saturated heterocycles. The highest BCUT2D eigenvalue weighted by Crippen LogP contribution is 2.30. The van der Waals surface area contributed by atoms with Gasteiger partial charge in [0.25, 0.3) is 0 Å². The summed E-state index contributed by atoms with van der Waals surface area (Å²) in [5.41, 5.74) is 8.61. The van der Waals surface area contributed by atoms with Crippen LogP contribution in [0.25, 0.3) is 22.0 Å². The van der Waals surface area contributed by atoms with Crippen molar-refractivity contribution < 1.29 is 9.53 Å². The van der Waals surface area contributed by atoms with E-state index < -0.39 is 0 Å². The number of para-hydroxylation sites is 1. The number of ether oxygens (including phenoxy) is 1. The molecule has 5 rings (SSSR count). The topological polar surface area (TPSA) is 42.4 Å². The molecule has 35 heavy (non-hydrogen) atoms. The summed E-state index contributed by atoms with van der Waals surface area (Å²) < 4.78 is 5.09. The van der Waals surface area contributed by atoms with Gasteiger partial charge in [0.1, 0.15) is 6.04 Å². The molecule has 0 amide bonds. The van der Waals surface area contributed by atoms with Gasteiger partial charge in [0, 0.05) is 18.1 Å². The molecule has 1 atom stereocenters. The van der Waals surface area contributed by atoms with Gasteiger partial charge in [-0.2, -0.15) is 0 Å². The highest BCUT2D eigenvalue weighted by atomic mass is 16.5. The molecule has 1 aromatic heterocycles. The third-order valence-electron chi connectivity index (χ3n) is 7.32. The Kier molecular flexibility index (Phi) is 6.91. The monoisotopic (exact) mass is 464 g/mol. The van der Waals surface area contributed by atoms with E-state index in [4.69, 9.17) is 9.72 Å². The number of carbonyl (C=O) groups is 1. The molecule has 0 N–H and O–H groups in total. The Bertz CT molecular complexity index is 1330. The molecule has 0 aliphatic carbocycles. The first-order valence-electron chi connectivity index (χ1n) is 12.5. The van der Waals surface area contributed by atoms with Gasteiger partial charge in [0.15, 0.2) is 0 Å². The van der Waals surface area contributed by atoms with E-state index in [1.165, 1.54) is 40.5 Å². The molecule has 1 unspecified atom stereocenters. The lowest BCUT2D eigenvalue weighted by molar-refractivity contribution is -0.148. The number of piperidine rings is 1. The van der Waals surface area contributed by atoms with E-state index >= 15 is 0 Å². The quantitative estimate of drug-likeness (QED) is 0.313. The van der Waals surface area contributed by atoms with Crippen LogP contribution in [0.5, 0.6) is 0 Å². The highest BCUT2D eigenvalue weighted by Gasteiger charge is 2.29. The zero-order valence-electron chi connectivity index (χ0n) is 20.5. The zero-order chi connectivity index (χ0) is 24.2. The maximum absolute atomic E-state index is 12.4. The number of rotatable bonds is 6. The van der Waals surface area contributed by atoms with Crippen molar-refractivity contribution >= 4 is 16.9 Å². The van der Waals surface area contributed by atoms with Gasteiger partial charge in [-0.1, -0.05) is 73.2 Å². The SMILES string of the molecule is COC(=O)C1CCCCN1Cc1ccnc2c(Cc3cccc(-c4ccccc4)c3C)cccc12. The van der Waals surface area contributed by atoms with Gasteiger partial charge in [0.05, 0.1) is 12.6 Å². The molecule has 0 saturated carbocycles. The molecule has 0 bridgehead atoms. The number of pyridine rings is 1. The Balaban J connectivity index is 1.47. The van der Waals surface area contributed by atoms with Gasteiger partial charge in [-0.15, -0.1) is 0 Å². The first-order chi connectivity index (χ1) is 17.2. The van der Waals surface area contributed by atoms with Crippen molar-refractivity contribution in [1.29, 1.82) is 0 Å². The number of hydrogen-bond donors (Lipinski definition) is 0. The van der Waals surface area contributed by atoms with Crippen molar-refractivity contribution in [2.45, 2.75) is 45.2 Å². The summed E-state index contributed by atoms with van der Waals surface area (Å²) >= 11 is 0. The van der Waals surface area contributed by atoms with Crippen LogP contribution >= 0.6 is 0 Å². The van der Waals surface area contributed by atoms with Gasteiger partial charge < -0.3 is 4.74 Å². The lowest BCUT2D eigenvalue weighted by Gasteiger charge is -2.33. The Morgan fingerprint density at radius 1 is 0.943 bits per heavy atom. The van der Waals surface area contributed by atoms with Gasteiger partial charge >= 0.3 is 5.97 Å². The lowest BCUT2D eigenvalue weighted by atomic mass is 9.92. The molecule has 0 spiro atoms. The van der Waals surface area contributed by atoms with Crippen molar-refractivity contribution in [3.8, 4) is 11.1 Å². The van der Waals surface area contributed by atoms with E-state index in [0.717, 1.165) is 49.7 Å². The van der Waals surface area contributed by atoms with Crippen LogP contribution in [-0.2, 0) is 22.5 Å². The zero-order valence-corrected chi connectivity index (χ0v) is 20.5. The van der Waals surface area contributed by atoms with Gasteiger partial charge in [0.2, 0.25) is 0 Å². The molecule has 2 heterocycles. The first kappa shape index (κ1) is 23.3. The number of carbonyl (C=O) groups excluding carboxylic acids is 1. The molecule has 4 heteroatoms. The van der Waals surface area contributed by atoms with E-state index in [0.29, 0.717) is 0 Å². The highest BCUT2D eigenvalue weighted by molar-refractivity contribution is 5.85.